The van der Waals surface area contributed by atoms with Crippen molar-refractivity contribution in [1.29, 1.82) is 0 Å². The predicted octanol–water partition coefficient (Wildman–Crippen LogP) is 3.49. The van der Waals surface area contributed by atoms with Crippen LogP contribution in [0.25, 0.3) is 0 Å². The zero-order chi connectivity index (χ0) is 12.3. The van der Waals surface area contributed by atoms with Gasteiger partial charge in [-0.3, -0.25) is 0 Å². The number of hydrogen-bond donors (Lipinski definition) is 1. The highest BCUT2D eigenvalue weighted by molar-refractivity contribution is 5.36. The van der Waals surface area contributed by atoms with Crippen molar-refractivity contribution in [1.82, 2.24) is 0 Å². The Morgan fingerprint density at radius 2 is 2.12 bits per heavy atom. The van der Waals surface area contributed by atoms with Gasteiger partial charge in [-0.1, -0.05) is 32.0 Å². The summed E-state index contributed by atoms with van der Waals surface area (Å²) in [5.74, 6) is 1.46. The van der Waals surface area contributed by atoms with Crippen LogP contribution in [0.5, 0.6) is 5.75 Å². The molecule has 0 aromatic heterocycles. The summed E-state index contributed by atoms with van der Waals surface area (Å²) in [5.41, 5.74) is 1.26. The van der Waals surface area contributed by atoms with Gasteiger partial charge in [0, 0.05) is 0 Å². The minimum Gasteiger partial charge on any atom is -0.487 e. The van der Waals surface area contributed by atoms with Gasteiger partial charge < -0.3 is 9.84 Å². The van der Waals surface area contributed by atoms with E-state index in [0.717, 1.165) is 31.4 Å². The highest BCUT2D eigenvalue weighted by Crippen LogP contribution is 2.32. The van der Waals surface area contributed by atoms with Crippen LogP contribution in [0.4, 0.5) is 0 Å². The van der Waals surface area contributed by atoms with Gasteiger partial charge in [0.1, 0.15) is 11.9 Å². The van der Waals surface area contributed by atoms with E-state index in [0.29, 0.717) is 5.92 Å². The Bertz CT molecular complexity index is 362. The van der Waals surface area contributed by atoms with Gasteiger partial charge in [0.05, 0.1) is 6.10 Å². The summed E-state index contributed by atoms with van der Waals surface area (Å²) in [7, 11) is 0. The third kappa shape index (κ3) is 2.81. The first kappa shape index (κ1) is 12.4. The van der Waals surface area contributed by atoms with Crippen molar-refractivity contribution in [2.45, 2.75) is 57.7 Å². The van der Waals surface area contributed by atoms with E-state index in [1.165, 1.54) is 5.56 Å². The SMILES string of the molecule is CCC(C)c1ccccc1O[C@H]1CCC[C@@H]1O. The molecule has 2 nitrogen and oxygen atoms in total. The van der Waals surface area contributed by atoms with Crippen LogP contribution >= 0.6 is 0 Å². The fourth-order valence-corrected chi connectivity index (χ4v) is 2.42. The lowest BCUT2D eigenvalue weighted by molar-refractivity contribution is 0.0596. The molecule has 1 aromatic rings. The molecular weight excluding hydrogens is 212 g/mol. The Morgan fingerprint density at radius 3 is 2.76 bits per heavy atom. The van der Waals surface area contributed by atoms with Crippen molar-refractivity contribution >= 4 is 0 Å². The molecule has 0 bridgehead atoms. The molecule has 2 heteroatoms. The zero-order valence-corrected chi connectivity index (χ0v) is 10.7. The molecule has 94 valence electrons. The molecule has 0 radical (unpaired) electrons. The average molecular weight is 234 g/mol. The van der Waals surface area contributed by atoms with E-state index in [9.17, 15) is 5.11 Å². The van der Waals surface area contributed by atoms with E-state index < -0.39 is 0 Å². The molecule has 1 fully saturated rings. The molecule has 1 N–H and O–H groups in total. The Labute approximate surface area is 104 Å². The van der Waals surface area contributed by atoms with Gasteiger partial charge in [-0.2, -0.15) is 0 Å². The maximum atomic E-state index is 9.81. The number of benzene rings is 1. The summed E-state index contributed by atoms with van der Waals surface area (Å²) in [5, 5.41) is 9.81. The van der Waals surface area contributed by atoms with Gasteiger partial charge in [0.25, 0.3) is 0 Å². The van der Waals surface area contributed by atoms with Crippen LogP contribution in [-0.2, 0) is 0 Å². The van der Waals surface area contributed by atoms with Crippen LogP contribution in [0.1, 0.15) is 51.0 Å². The van der Waals surface area contributed by atoms with Gasteiger partial charge in [0.15, 0.2) is 0 Å². The standard InChI is InChI=1S/C15H22O2/c1-3-11(2)12-7-4-5-9-14(12)17-15-10-6-8-13(15)16/h4-5,7,9,11,13,15-16H,3,6,8,10H2,1-2H3/t11?,13-,15-/m0/s1. The largest absolute Gasteiger partial charge is 0.487 e. The summed E-state index contributed by atoms with van der Waals surface area (Å²) in [6.07, 6.45) is 3.71. The average Bonchev–Trinajstić information content (AvgIpc) is 2.75. The molecule has 1 aliphatic rings. The first-order valence-electron chi connectivity index (χ1n) is 6.66. The van der Waals surface area contributed by atoms with Gasteiger partial charge in [-0.05, 0) is 43.2 Å². The van der Waals surface area contributed by atoms with Crippen molar-refractivity contribution in [3.8, 4) is 5.75 Å². The molecule has 0 aliphatic heterocycles. The van der Waals surface area contributed by atoms with Crippen molar-refractivity contribution in [2.24, 2.45) is 0 Å². The van der Waals surface area contributed by atoms with Crippen molar-refractivity contribution in [3.63, 3.8) is 0 Å². The smallest absolute Gasteiger partial charge is 0.124 e. The van der Waals surface area contributed by atoms with E-state index in [1.807, 2.05) is 12.1 Å². The molecule has 0 saturated heterocycles. The molecule has 0 heterocycles. The number of ether oxygens (including phenoxy) is 1. The molecule has 1 aliphatic carbocycles. The monoisotopic (exact) mass is 234 g/mol. The summed E-state index contributed by atoms with van der Waals surface area (Å²) in [4.78, 5) is 0. The lowest BCUT2D eigenvalue weighted by Gasteiger charge is -2.21. The van der Waals surface area contributed by atoms with E-state index in [-0.39, 0.29) is 12.2 Å². The highest BCUT2D eigenvalue weighted by atomic mass is 16.5. The van der Waals surface area contributed by atoms with Crippen molar-refractivity contribution < 1.29 is 9.84 Å². The zero-order valence-electron chi connectivity index (χ0n) is 10.7. The summed E-state index contributed by atoms with van der Waals surface area (Å²) in [6.45, 7) is 4.40. The molecule has 0 amide bonds. The van der Waals surface area contributed by atoms with Crippen LogP contribution in [-0.4, -0.2) is 17.3 Å². The minimum atomic E-state index is -0.292. The Balaban J connectivity index is 2.14. The number of aliphatic hydroxyl groups excluding tert-OH is 1. The van der Waals surface area contributed by atoms with Crippen LogP contribution in [0.15, 0.2) is 24.3 Å². The van der Waals surface area contributed by atoms with Crippen LogP contribution in [0.3, 0.4) is 0 Å². The quantitative estimate of drug-likeness (QED) is 0.864. The summed E-state index contributed by atoms with van der Waals surface area (Å²) in [6, 6.07) is 8.21. The maximum Gasteiger partial charge on any atom is 0.124 e. The summed E-state index contributed by atoms with van der Waals surface area (Å²) >= 11 is 0. The molecule has 2 rings (SSSR count). The van der Waals surface area contributed by atoms with Crippen LogP contribution < -0.4 is 4.74 Å². The van der Waals surface area contributed by atoms with Gasteiger partial charge in [0.2, 0.25) is 0 Å². The van der Waals surface area contributed by atoms with Crippen LogP contribution in [0, 0.1) is 0 Å². The van der Waals surface area contributed by atoms with Gasteiger partial charge in [-0.25, -0.2) is 0 Å². The number of hydrogen-bond acceptors (Lipinski definition) is 2. The van der Waals surface area contributed by atoms with E-state index in [4.69, 9.17) is 4.74 Å². The van der Waals surface area contributed by atoms with E-state index in [1.54, 1.807) is 0 Å². The second-order valence-electron chi connectivity index (χ2n) is 5.00. The van der Waals surface area contributed by atoms with E-state index >= 15 is 0 Å². The predicted molar refractivity (Wildman–Crippen MR) is 69.4 cm³/mol. The normalized spacial score (nSPS) is 25.8. The highest BCUT2D eigenvalue weighted by Gasteiger charge is 2.27. The summed E-state index contributed by atoms with van der Waals surface area (Å²) < 4.78 is 5.99. The molecule has 0 spiro atoms. The molecule has 1 saturated carbocycles. The lowest BCUT2D eigenvalue weighted by atomic mass is 9.98. The number of para-hydroxylation sites is 1. The molecule has 17 heavy (non-hydrogen) atoms. The van der Waals surface area contributed by atoms with E-state index in [2.05, 4.69) is 26.0 Å². The first-order chi connectivity index (χ1) is 8.22. The molecule has 3 atom stereocenters. The molecule has 1 aromatic carbocycles. The third-order valence-corrected chi connectivity index (χ3v) is 3.76. The Morgan fingerprint density at radius 1 is 1.35 bits per heavy atom. The Kier molecular flexibility index (Phi) is 4.06. The fourth-order valence-electron chi connectivity index (χ4n) is 2.42. The maximum absolute atomic E-state index is 9.81. The van der Waals surface area contributed by atoms with Crippen LogP contribution in [0.2, 0.25) is 0 Å². The second-order valence-corrected chi connectivity index (χ2v) is 5.00. The van der Waals surface area contributed by atoms with Gasteiger partial charge in [-0.15, -0.1) is 0 Å². The van der Waals surface area contributed by atoms with Gasteiger partial charge >= 0.3 is 0 Å². The molecular formula is C15H22O2. The third-order valence-electron chi connectivity index (χ3n) is 3.76. The van der Waals surface area contributed by atoms with Crippen molar-refractivity contribution in [2.75, 3.05) is 0 Å². The molecule has 1 unspecified atom stereocenters. The number of aliphatic hydroxyl groups is 1. The topological polar surface area (TPSA) is 29.5 Å². The Hall–Kier alpha value is -1.02. The van der Waals surface area contributed by atoms with Crippen molar-refractivity contribution in [3.05, 3.63) is 29.8 Å². The second kappa shape index (κ2) is 5.54. The fraction of sp³-hybridized carbons (Fsp3) is 0.600. The minimum absolute atomic E-state index is 0.0137. The number of rotatable bonds is 4. The first-order valence-corrected chi connectivity index (χ1v) is 6.66. The lowest BCUT2D eigenvalue weighted by Crippen LogP contribution is -2.26.